The Labute approximate surface area is 144 Å². The normalized spacial score (nSPS) is 18.0. The first kappa shape index (κ1) is 18.7. The van der Waals surface area contributed by atoms with Crippen molar-refractivity contribution in [2.24, 2.45) is 0 Å². The van der Waals surface area contributed by atoms with E-state index in [0.717, 1.165) is 12.0 Å². The Morgan fingerprint density at radius 1 is 1.29 bits per heavy atom. The molecule has 1 heterocycles. The summed E-state index contributed by atoms with van der Waals surface area (Å²) < 4.78 is 31.3. The molecule has 2 rings (SSSR count). The maximum atomic E-state index is 12.3. The number of ether oxygens (including phenoxy) is 1. The van der Waals surface area contributed by atoms with Crippen LogP contribution in [-0.4, -0.2) is 56.7 Å². The summed E-state index contributed by atoms with van der Waals surface area (Å²) in [5, 5.41) is 9.57. The van der Waals surface area contributed by atoms with E-state index in [1.807, 2.05) is 36.1 Å². The minimum absolute atomic E-state index is 0.209. The highest BCUT2D eigenvalue weighted by Crippen LogP contribution is 2.25. The number of hydrogen-bond acceptors (Lipinski definition) is 5. The molecule has 1 saturated heterocycles. The molecule has 24 heavy (non-hydrogen) atoms. The SMILES string of the molecule is CCCCS(=O)(=O)N1CCN(C(C#N)c2cccc(OC)c2)CC1. The van der Waals surface area contributed by atoms with E-state index in [1.54, 1.807) is 11.4 Å². The summed E-state index contributed by atoms with van der Waals surface area (Å²) in [6, 6.07) is 9.41. The summed E-state index contributed by atoms with van der Waals surface area (Å²) in [5.41, 5.74) is 0.874. The van der Waals surface area contributed by atoms with Gasteiger partial charge in [-0.2, -0.15) is 9.57 Å². The molecule has 0 spiro atoms. The highest BCUT2D eigenvalue weighted by Gasteiger charge is 2.30. The monoisotopic (exact) mass is 351 g/mol. The van der Waals surface area contributed by atoms with Gasteiger partial charge in [-0.15, -0.1) is 0 Å². The van der Waals surface area contributed by atoms with Gasteiger partial charge in [-0.25, -0.2) is 8.42 Å². The quantitative estimate of drug-likeness (QED) is 0.751. The van der Waals surface area contributed by atoms with Crippen LogP contribution >= 0.6 is 0 Å². The zero-order chi connectivity index (χ0) is 17.6. The van der Waals surface area contributed by atoms with Crippen LogP contribution < -0.4 is 4.74 Å². The van der Waals surface area contributed by atoms with Crippen LogP contribution in [-0.2, 0) is 10.0 Å². The molecule has 1 aromatic carbocycles. The lowest BCUT2D eigenvalue weighted by atomic mass is 10.1. The topological polar surface area (TPSA) is 73.6 Å². The van der Waals surface area contributed by atoms with Gasteiger partial charge in [0, 0.05) is 26.2 Å². The molecule has 1 aliphatic heterocycles. The molecule has 1 fully saturated rings. The number of sulfonamides is 1. The molecule has 0 aliphatic carbocycles. The summed E-state index contributed by atoms with van der Waals surface area (Å²) in [6.07, 6.45) is 1.55. The van der Waals surface area contributed by atoms with E-state index in [1.165, 1.54) is 0 Å². The van der Waals surface area contributed by atoms with Crippen LogP contribution in [0, 0.1) is 11.3 Å². The van der Waals surface area contributed by atoms with Gasteiger partial charge in [0.05, 0.1) is 18.9 Å². The summed E-state index contributed by atoms with van der Waals surface area (Å²) in [6.45, 7) is 3.98. The van der Waals surface area contributed by atoms with Gasteiger partial charge in [-0.3, -0.25) is 4.90 Å². The second-order valence-corrected chi connectivity index (χ2v) is 8.00. The van der Waals surface area contributed by atoms with Crippen LogP contribution in [0.5, 0.6) is 5.75 Å². The molecule has 0 radical (unpaired) electrons. The Hall–Kier alpha value is -1.62. The molecule has 0 aromatic heterocycles. The molecule has 7 heteroatoms. The van der Waals surface area contributed by atoms with Crippen molar-refractivity contribution in [1.82, 2.24) is 9.21 Å². The number of rotatable bonds is 7. The lowest BCUT2D eigenvalue weighted by Gasteiger charge is -2.36. The maximum absolute atomic E-state index is 12.3. The maximum Gasteiger partial charge on any atom is 0.214 e. The van der Waals surface area contributed by atoms with Gasteiger partial charge >= 0.3 is 0 Å². The van der Waals surface area contributed by atoms with E-state index in [2.05, 4.69) is 6.07 Å². The number of hydrogen-bond donors (Lipinski definition) is 0. The molecule has 1 aliphatic rings. The highest BCUT2D eigenvalue weighted by molar-refractivity contribution is 7.89. The zero-order valence-electron chi connectivity index (χ0n) is 14.3. The average Bonchev–Trinajstić information content (AvgIpc) is 2.61. The van der Waals surface area contributed by atoms with Crippen LogP contribution in [0.25, 0.3) is 0 Å². The van der Waals surface area contributed by atoms with Crippen LogP contribution in [0.3, 0.4) is 0 Å². The smallest absolute Gasteiger partial charge is 0.214 e. The highest BCUT2D eigenvalue weighted by atomic mass is 32.2. The Kier molecular flexibility index (Phi) is 6.60. The lowest BCUT2D eigenvalue weighted by Crippen LogP contribution is -2.50. The lowest BCUT2D eigenvalue weighted by molar-refractivity contribution is 0.162. The molecular weight excluding hydrogens is 326 g/mol. The van der Waals surface area contributed by atoms with Gasteiger partial charge in [0.1, 0.15) is 11.8 Å². The largest absolute Gasteiger partial charge is 0.497 e. The third kappa shape index (κ3) is 4.47. The Balaban J connectivity index is 2.03. The summed E-state index contributed by atoms with van der Waals surface area (Å²) in [5.74, 6) is 0.926. The number of unbranched alkanes of at least 4 members (excludes halogenated alkanes) is 1. The van der Waals surface area contributed by atoms with Crippen molar-refractivity contribution in [3.05, 3.63) is 29.8 Å². The Morgan fingerprint density at radius 3 is 2.58 bits per heavy atom. The van der Waals surface area contributed by atoms with E-state index >= 15 is 0 Å². The Bertz CT molecular complexity index is 677. The number of nitrogens with zero attached hydrogens (tertiary/aromatic N) is 3. The van der Waals surface area contributed by atoms with E-state index in [9.17, 15) is 13.7 Å². The molecule has 0 bridgehead atoms. The second kappa shape index (κ2) is 8.47. The van der Waals surface area contributed by atoms with E-state index < -0.39 is 10.0 Å². The van der Waals surface area contributed by atoms with Crippen LogP contribution in [0.2, 0.25) is 0 Å². The molecule has 1 unspecified atom stereocenters. The van der Waals surface area contributed by atoms with Gasteiger partial charge in [0.25, 0.3) is 0 Å². The molecule has 132 valence electrons. The number of benzene rings is 1. The number of methoxy groups -OCH3 is 1. The first-order chi connectivity index (χ1) is 11.5. The number of nitriles is 1. The average molecular weight is 351 g/mol. The predicted octanol–water partition coefficient (Wildman–Crippen LogP) is 2.01. The molecule has 1 atom stereocenters. The van der Waals surface area contributed by atoms with Crippen LogP contribution in [0.1, 0.15) is 31.4 Å². The van der Waals surface area contributed by atoms with Crippen molar-refractivity contribution in [2.45, 2.75) is 25.8 Å². The fourth-order valence-corrected chi connectivity index (χ4v) is 4.51. The second-order valence-electron chi connectivity index (χ2n) is 5.91. The van der Waals surface area contributed by atoms with Crippen molar-refractivity contribution >= 4 is 10.0 Å². The minimum atomic E-state index is -3.17. The molecule has 0 N–H and O–H groups in total. The third-order valence-electron chi connectivity index (χ3n) is 4.32. The van der Waals surface area contributed by atoms with E-state index in [0.29, 0.717) is 38.3 Å². The zero-order valence-corrected chi connectivity index (χ0v) is 15.1. The van der Waals surface area contributed by atoms with Gasteiger partial charge in [0.15, 0.2) is 0 Å². The minimum Gasteiger partial charge on any atom is -0.497 e. The summed E-state index contributed by atoms with van der Waals surface area (Å²) in [7, 11) is -1.58. The van der Waals surface area contributed by atoms with Crippen LogP contribution in [0.15, 0.2) is 24.3 Å². The molecule has 1 aromatic rings. The molecular formula is C17H25N3O3S. The van der Waals surface area contributed by atoms with Gasteiger partial charge in [-0.05, 0) is 24.1 Å². The molecule has 0 amide bonds. The Morgan fingerprint density at radius 2 is 2.00 bits per heavy atom. The predicted molar refractivity (Wildman–Crippen MR) is 93.2 cm³/mol. The van der Waals surface area contributed by atoms with Gasteiger partial charge in [-0.1, -0.05) is 25.5 Å². The third-order valence-corrected chi connectivity index (χ3v) is 6.28. The van der Waals surface area contributed by atoms with Crippen molar-refractivity contribution in [1.29, 1.82) is 5.26 Å². The summed E-state index contributed by atoms with van der Waals surface area (Å²) in [4.78, 5) is 2.03. The van der Waals surface area contributed by atoms with Crippen molar-refractivity contribution in [3.8, 4) is 11.8 Å². The number of piperazine rings is 1. The van der Waals surface area contributed by atoms with E-state index in [4.69, 9.17) is 4.74 Å². The van der Waals surface area contributed by atoms with Crippen molar-refractivity contribution in [3.63, 3.8) is 0 Å². The molecule has 0 saturated carbocycles. The standard InChI is InChI=1S/C17H25N3O3S/c1-3-4-12-24(21,22)20-10-8-19(9-11-20)17(14-18)15-6-5-7-16(13-15)23-2/h5-7,13,17H,3-4,8-12H2,1-2H3. The van der Waals surface area contributed by atoms with Gasteiger partial charge in [0.2, 0.25) is 10.0 Å². The fourth-order valence-electron chi connectivity index (χ4n) is 2.87. The van der Waals surface area contributed by atoms with E-state index in [-0.39, 0.29) is 11.8 Å². The first-order valence-electron chi connectivity index (χ1n) is 8.27. The van der Waals surface area contributed by atoms with Crippen molar-refractivity contribution in [2.75, 3.05) is 39.0 Å². The van der Waals surface area contributed by atoms with Gasteiger partial charge < -0.3 is 4.74 Å². The first-order valence-corrected chi connectivity index (χ1v) is 9.88. The molecule has 6 nitrogen and oxygen atoms in total. The fraction of sp³-hybridized carbons (Fsp3) is 0.588. The van der Waals surface area contributed by atoms with Crippen molar-refractivity contribution < 1.29 is 13.2 Å². The summed E-state index contributed by atoms with van der Waals surface area (Å²) >= 11 is 0. The van der Waals surface area contributed by atoms with Crippen LogP contribution in [0.4, 0.5) is 0 Å².